The van der Waals surface area contributed by atoms with Crippen LogP contribution in [0.3, 0.4) is 0 Å². The number of rotatable bonds is 12. The molecule has 0 aromatic rings. The molecule has 6 nitrogen and oxygen atoms in total. The van der Waals surface area contributed by atoms with E-state index in [9.17, 15) is 121 Å². The normalized spacial score (nSPS) is 14.2. The van der Waals surface area contributed by atoms with Crippen LogP contribution in [0.2, 0.25) is 0 Å². The van der Waals surface area contributed by atoms with E-state index < -0.39 is 124 Å². The van der Waals surface area contributed by atoms with Crippen molar-refractivity contribution in [2.45, 2.75) is 136 Å². The van der Waals surface area contributed by atoms with Crippen LogP contribution in [0, 0.1) is 53.1 Å². The Morgan fingerprint density at radius 3 is 0.483 bits per heavy atom. The van der Waals surface area contributed by atoms with Gasteiger partial charge in [-0.15, -0.1) is 0 Å². The van der Waals surface area contributed by atoms with Crippen molar-refractivity contribution in [1.82, 2.24) is 0 Å². The van der Waals surface area contributed by atoms with Crippen LogP contribution in [0.1, 0.15) is 81.6 Å². The topological polar surface area (TPSA) is 102 Å². The van der Waals surface area contributed by atoms with E-state index in [-0.39, 0.29) is 36.9 Å². The Morgan fingerprint density at radius 2 is 0.397 bits per heavy atom. The van der Waals surface area contributed by atoms with E-state index in [2.05, 4.69) is 0 Å². The van der Waals surface area contributed by atoms with E-state index in [1.165, 1.54) is 62.3 Å². The number of Topliss-reactive ketones (excluding diaryl/α,β-unsaturated/α-hetero) is 6. The minimum Gasteiger partial charge on any atom is -0.299 e. The number of hydrogen-bond donors (Lipinski definition) is 0. The summed E-state index contributed by atoms with van der Waals surface area (Å²) in [5.74, 6) is -49.2. The first-order valence-corrected chi connectivity index (χ1v) is 14.8. The van der Waals surface area contributed by atoms with E-state index in [1.54, 1.807) is 0 Å². The number of carbonyl (C=O) groups is 6. The SMILES string of the molecule is CC(C)(C)C(=O)CC(=O)C(F)(F)C(F)(F)C(F)(F)F.CC(C)(C)C(=O)CC(=O)C(F)(F)C(F)(F)C(F)(F)F.CC(C)(C)C(=O)CC(=O)C(F)(F)C(F)(F)C(F)(F)F.[Tm]. The number of ketones is 6. The van der Waals surface area contributed by atoms with E-state index in [0.717, 1.165) is 0 Å². The smallest absolute Gasteiger partial charge is 0.299 e. The maximum Gasteiger partial charge on any atom is 0.460 e. The molecule has 28 heteroatoms. The van der Waals surface area contributed by atoms with Crippen molar-refractivity contribution >= 4 is 34.7 Å². The largest absolute Gasteiger partial charge is 0.460 e. The quantitative estimate of drug-likeness (QED) is 0.143. The van der Waals surface area contributed by atoms with Crippen molar-refractivity contribution in [3.8, 4) is 0 Å². The molecule has 0 amide bonds. The fourth-order valence-corrected chi connectivity index (χ4v) is 2.63. The average Bonchev–Trinajstić information content (AvgIpc) is 2.93. The van der Waals surface area contributed by atoms with E-state index in [0.29, 0.717) is 0 Å². The molecule has 0 rings (SSSR count). The monoisotopic (exact) mass is 1060 g/mol. The van der Waals surface area contributed by atoms with Gasteiger partial charge in [-0.2, -0.15) is 92.2 Å². The number of alkyl halides is 21. The number of halogens is 21. The van der Waals surface area contributed by atoms with Crippen LogP contribution >= 0.6 is 0 Å². The molecule has 0 heterocycles. The number of carbonyl (C=O) groups excluding carboxylic acids is 6. The van der Waals surface area contributed by atoms with E-state index in [4.69, 9.17) is 0 Å². The minimum absolute atomic E-state index is 0. The van der Waals surface area contributed by atoms with Gasteiger partial charge >= 0.3 is 54.1 Å². The molecule has 0 N–H and O–H groups in total. The Hall–Kier alpha value is -2.22. The van der Waals surface area contributed by atoms with Crippen molar-refractivity contribution < 1.29 is 158 Å². The molecule has 0 bridgehead atoms. The second-order valence-corrected chi connectivity index (χ2v) is 14.8. The molecule has 0 aliphatic heterocycles. The van der Waals surface area contributed by atoms with Gasteiger partial charge in [-0.1, -0.05) is 62.3 Å². The zero-order chi connectivity index (χ0) is 47.6. The molecule has 0 aliphatic rings. The molecule has 0 aromatic carbocycles. The summed E-state index contributed by atoms with van der Waals surface area (Å²) < 4.78 is 258. The minimum atomic E-state index is -6.59. The van der Waals surface area contributed by atoms with Crippen LogP contribution < -0.4 is 0 Å². The Balaban J connectivity index is -0.000000374. The Kier molecular flexibility index (Phi) is 20.7. The van der Waals surface area contributed by atoms with Gasteiger partial charge in [0.1, 0.15) is 17.3 Å². The summed E-state index contributed by atoms with van der Waals surface area (Å²) in [5, 5.41) is 0. The van der Waals surface area contributed by atoms with Gasteiger partial charge in [0.05, 0.1) is 19.3 Å². The number of hydrogen-bond acceptors (Lipinski definition) is 6. The van der Waals surface area contributed by atoms with Crippen LogP contribution in [0.4, 0.5) is 92.2 Å². The van der Waals surface area contributed by atoms with Crippen LogP contribution in [-0.4, -0.2) is 88.8 Å². The Morgan fingerprint density at radius 1 is 0.276 bits per heavy atom. The molecular formula is C30H33F21O6Tm. The van der Waals surface area contributed by atoms with Crippen LogP contribution in [0.15, 0.2) is 0 Å². The van der Waals surface area contributed by atoms with Gasteiger partial charge < -0.3 is 0 Å². The first-order valence-electron chi connectivity index (χ1n) is 14.8. The predicted molar refractivity (Wildman–Crippen MR) is 150 cm³/mol. The first kappa shape index (κ1) is 62.4. The molecule has 0 aliphatic carbocycles. The third-order valence-electron chi connectivity index (χ3n) is 6.77. The van der Waals surface area contributed by atoms with Crippen molar-refractivity contribution in [3.63, 3.8) is 0 Å². The molecule has 0 saturated carbocycles. The molecule has 0 fully saturated rings. The van der Waals surface area contributed by atoms with Crippen LogP contribution in [-0.2, 0) is 28.8 Å². The predicted octanol–water partition coefficient (Wildman–Crippen LogP) is 10.2. The molecule has 0 spiro atoms. The van der Waals surface area contributed by atoms with E-state index in [1.807, 2.05) is 0 Å². The molecular weight excluding hydrogens is 1020 g/mol. The second-order valence-electron chi connectivity index (χ2n) is 14.8. The first-order chi connectivity index (χ1) is 24.1. The van der Waals surface area contributed by atoms with Gasteiger partial charge in [-0.05, 0) is 0 Å². The summed E-state index contributed by atoms with van der Waals surface area (Å²) >= 11 is 0. The molecule has 349 valence electrons. The van der Waals surface area contributed by atoms with Gasteiger partial charge in [0, 0.05) is 53.1 Å². The molecule has 1 radical (unpaired) electrons. The maximum atomic E-state index is 12.9. The molecule has 0 saturated heterocycles. The Bertz CT molecular complexity index is 1310. The fourth-order valence-electron chi connectivity index (χ4n) is 2.63. The molecule has 58 heavy (non-hydrogen) atoms. The van der Waals surface area contributed by atoms with Crippen molar-refractivity contribution in [1.29, 1.82) is 0 Å². The summed E-state index contributed by atoms with van der Waals surface area (Å²) in [5.41, 5.74) is -3.92. The maximum absolute atomic E-state index is 12.9. The summed E-state index contributed by atoms with van der Waals surface area (Å²) in [7, 11) is 0. The summed E-state index contributed by atoms with van der Waals surface area (Å²) in [4.78, 5) is 66.2. The zero-order valence-corrected chi connectivity index (χ0v) is 32.6. The second kappa shape index (κ2) is 19.2. The van der Waals surface area contributed by atoms with Gasteiger partial charge in [-0.25, -0.2) is 0 Å². The van der Waals surface area contributed by atoms with Gasteiger partial charge in [0.2, 0.25) is 17.3 Å². The summed E-state index contributed by atoms with van der Waals surface area (Å²) in [6, 6.07) is 0. The van der Waals surface area contributed by atoms with E-state index >= 15 is 0 Å². The summed E-state index contributed by atoms with van der Waals surface area (Å²) in [6.07, 6.45) is -24.8. The fraction of sp³-hybridized carbons (Fsp3) is 0.800. The molecule has 0 aromatic heterocycles. The standard InChI is InChI=1S/3C10H11F7O2.Tm/c3*1-7(2,3)5(18)4-6(19)8(11,12)9(13,14)10(15,16)17;/h3*4H2,1-3H3;. The van der Waals surface area contributed by atoms with Gasteiger partial charge in [0.25, 0.3) is 0 Å². The van der Waals surface area contributed by atoms with Crippen LogP contribution in [0.25, 0.3) is 0 Å². The Labute approximate surface area is 343 Å². The van der Waals surface area contributed by atoms with Crippen molar-refractivity contribution in [3.05, 3.63) is 0 Å². The van der Waals surface area contributed by atoms with Crippen molar-refractivity contribution in [2.24, 2.45) is 16.2 Å². The third kappa shape index (κ3) is 15.0. The molecule has 0 atom stereocenters. The third-order valence-corrected chi connectivity index (χ3v) is 6.77. The summed E-state index contributed by atoms with van der Waals surface area (Å²) in [6.45, 7) is 10.9. The van der Waals surface area contributed by atoms with Crippen molar-refractivity contribution in [2.75, 3.05) is 0 Å². The average molecular weight is 1060 g/mol. The zero-order valence-electron chi connectivity index (χ0n) is 30.8. The van der Waals surface area contributed by atoms with Gasteiger partial charge in [0.15, 0.2) is 0 Å². The van der Waals surface area contributed by atoms with Crippen LogP contribution in [0.5, 0.6) is 0 Å². The molecule has 0 unspecified atom stereocenters. The van der Waals surface area contributed by atoms with Gasteiger partial charge in [-0.3, -0.25) is 28.8 Å².